The highest BCUT2D eigenvalue weighted by molar-refractivity contribution is 7.99. The third-order valence-corrected chi connectivity index (χ3v) is 4.18. The Bertz CT molecular complexity index is 742. The number of H-pyrrole nitrogens is 1. The van der Waals surface area contributed by atoms with E-state index >= 15 is 0 Å². The number of aromatic nitrogens is 3. The summed E-state index contributed by atoms with van der Waals surface area (Å²) in [6.45, 7) is 0.600. The molecule has 0 bridgehead atoms. The fraction of sp³-hybridized carbons (Fsp3) is 0.118. The highest BCUT2D eigenvalue weighted by Gasteiger charge is 2.06. The Morgan fingerprint density at radius 3 is 2.65 bits per heavy atom. The highest BCUT2D eigenvalue weighted by atomic mass is 32.2. The lowest BCUT2D eigenvalue weighted by Crippen LogP contribution is -2.25. The molecule has 3 aromatic rings. The Labute approximate surface area is 138 Å². The molecule has 0 saturated heterocycles. The van der Waals surface area contributed by atoms with Crippen molar-refractivity contribution in [3.63, 3.8) is 0 Å². The average Bonchev–Trinajstić information content (AvgIpc) is 3.14. The first kappa shape index (κ1) is 15.3. The van der Waals surface area contributed by atoms with Crippen LogP contribution in [0.2, 0.25) is 0 Å². The van der Waals surface area contributed by atoms with Crippen molar-refractivity contribution in [3.8, 4) is 11.3 Å². The molecule has 0 aliphatic rings. The number of benzene rings is 1. The standard InChI is InChI=1S/C17H16N4OS/c22-17(19-11-12-23-16-3-1-2-9-18-16)14-6-4-13(5-7-14)15-8-10-20-21-15/h1-10H,11-12H2,(H,19,22)(H,20,21). The molecule has 0 unspecified atom stereocenters. The van der Waals surface area contributed by atoms with E-state index in [2.05, 4.69) is 20.5 Å². The lowest BCUT2D eigenvalue weighted by Gasteiger charge is -2.06. The lowest BCUT2D eigenvalue weighted by atomic mass is 10.1. The number of pyridine rings is 1. The molecule has 0 saturated carbocycles. The minimum Gasteiger partial charge on any atom is -0.351 e. The Kier molecular flexibility index (Phi) is 5.06. The van der Waals surface area contributed by atoms with Crippen molar-refractivity contribution in [3.05, 3.63) is 66.5 Å². The van der Waals surface area contributed by atoms with Crippen molar-refractivity contribution in [1.29, 1.82) is 0 Å². The van der Waals surface area contributed by atoms with Crippen molar-refractivity contribution in [2.75, 3.05) is 12.3 Å². The van der Waals surface area contributed by atoms with E-state index in [9.17, 15) is 4.79 Å². The molecule has 2 aromatic heterocycles. The van der Waals surface area contributed by atoms with E-state index in [1.807, 2.05) is 48.5 Å². The second-order valence-corrected chi connectivity index (χ2v) is 5.94. The van der Waals surface area contributed by atoms with Crippen molar-refractivity contribution >= 4 is 17.7 Å². The van der Waals surface area contributed by atoms with Crippen molar-refractivity contribution in [2.45, 2.75) is 5.03 Å². The van der Waals surface area contributed by atoms with Gasteiger partial charge in [0, 0.05) is 30.3 Å². The van der Waals surface area contributed by atoms with Crippen LogP contribution >= 0.6 is 11.8 Å². The van der Waals surface area contributed by atoms with Gasteiger partial charge in [0.1, 0.15) is 0 Å². The van der Waals surface area contributed by atoms with Crippen LogP contribution < -0.4 is 5.32 Å². The van der Waals surface area contributed by atoms with E-state index in [1.54, 1.807) is 24.2 Å². The van der Waals surface area contributed by atoms with E-state index < -0.39 is 0 Å². The van der Waals surface area contributed by atoms with Crippen LogP contribution in [0.5, 0.6) is 0 Å². The van der Waals surface area contributed by atoms with Gasteiger partial charge in [-0.05, 0) is 35.9 Å². The third-order valence-electron chi connectivity index (χ3n) is 3.23. The maximum atomic E-state index is 12.1. The fourth-order valence-corrected chi connectivity index (χ4v) is 2.80. The SMILES string of the molecule is O=C(NCCSc1ccccn1)c1ccc(-c2ccn[nH]2)cc1. The Morgan fingerprint density at radius 1 is 1.09 bits per heavy atom. The number of carbonyl (C=O) groups is 1. The molecule has 0 fully saturated rings. The Balaban J connectivity index is 1.48. The summed E-state index contributed by atoms with van der Waals surface area (Å²) < 4.78 is 0. The summed E-state index contributed by atoms with van der Waals surface area (Å²) in [4.78, 5) is 16.3. The zero-order chi connectivity index (χ0) is 15.9. The second-order valence-electron chi connectivity index (χ2n) is 4.82. The van der Waals surface area contributed by atoms with E-state index in [-0.39, 0.29) is 5.91 Å². The van der Waals surface area contributed by atoms with Gasteiger partial charge in [0.05, 0.1) is 10.7 Å². The molecule has 116 valence electrons. The molecule has 0 radical (unpaired) electrons. The lowest BCUT2D eigenvalue weighted by molar-refractivity contribution is 0.0956. The minimum absolute atomic E-state index is 0.0669. The van der Waals surface area contributed by atoms with Crippen molar-refractivity contribution < 1.29 is 4.79 Å². The molecule has 6 heteroatoms. The number of amides is 1. The molecule has 2 heterocycles. The van der Waals surface area contributed by atoms with Crippen LogP contribution in [0.3, 0.4) is 0 Å². The summed E-state index contributed by atoms with van der Waals surface area (Å²) in [6, 6.07) is 15.1. The summed E-state index contributed by atoms with van der Waals surface area (Å²) in [6.07, 6.45) is 3.47. The van der Waals surface area contributed by atoms with Crippen LogP contribution in [0.4, 0.5) is 0 Å². The van der Waals surface area contributed by atoms with Crippen LogP contribution in [-0.4, -0.2) is 33.4 Å². The number of hydrogen-bond donors (Lipinski definition) is 2. The van der Waals surface area contributed by atoms with E-state index in [4.69, 9.17) is 0 Å². The fourth-order valence-electron chi connectivity index (χ4n) is 2.07. The van der Waals surface area contributed by atoms with Gasteiger partial charge < -0.3 is 5.32 Å². The average molecular weight is 324 g/mol. The molecule has 5 nitrogen and oxygen atoms in total. The number of hydrogen-bond acceptors (Lipinski definition) is 4. The predicted octanol–water partition coefficient (Wildman–Crippen LogP) is 2.99. The number of thioether (sulfide) groups is 1. The van der Waals surface area contributed by atoms with Crippen LogP contribution in [0.15, 0.2) is 66.0 Å². The molecular formula is C17H16N4OS. The number of rotatable bonds is 6. The zero-order valence-corrected chi connectivity index (χ0v) is 13.2. The monoisotopic (exact) mass is 324 g/mol. The molecule has 3 rings (SSSR count). The molecule has 0 aliphatic heterocycles. The number of nitrogens with one attached hydrogen (secondary N) is 2. The number of aromatic amines is 1. The van der Waals surface area contributed by atoms with Gasteiger partial charge in [-0.2, -0.15) is 5.10 Å². The van der Waals surface area contributed by atoms with Gasteiger partial charge in [-0.3, -0.25) is 9.89 Å². The van der Waals surface area contributed by atoms with Gasteiger partial charge >= 0.3 is 0 Å². The van der Waals surface area contributed by atoms with Gasteiger partial charge in [-0.25, -0.2) is 4.98 Å². The maximum Gasteiger partial charge on any atom is 0.251 e. The highest BCUT2D eigenvalue weighted by Crippen LogP contribution is 2.16. The smallest absolute Gasteiger partial charge is 0.251 e. The van der Waals surface area contributed by atoms with Gasteiger partial charge in [-0.1, -0.05) is 18.2 Å². The topological polar surface area (TPSA) is 70.7 Å². The summed E-state index contributed by atoms with van der Waals surface area (Å²) in [5, 5.41) is 10.7. The van der Waals surface area contributed by atoms with Crippen LogP contribution in [0, 0.1) is 0 Å². The summed E-state index contributed by atoms with van der Waals surface area (Å²) in [7, 11) is 0. The van der Waals surface area contributed by atoms with E-state index in [0.29, 0.717) is 12.1 Å². The molecule has 0 aliphatic carbocycles. The third kappa shape index (κ3) is 4.20. The number of carbonyl (C=O) groups excluding carboxylic acids is 1. The predicted molar refractivity (Wildman–Crippen MR) is 91.3 cm³/mol. The molecule has 23 heavy (non-hydrogen) atoms. The Morgan fingerprint density at radius 2 is 1.96 bits per heavy atom. The largest absolute Gasteiger partial charge is 0.351 e. The van der Waals surface area contributed by atoms with E-state index in [1.165, 1.54) is 0 Å². The van der Waals surface area contributed by atoms with Crippen LogP contribution in [-0.2, 0) is 0 Å². The summed E-state index contributed by atoms with van der Waals surface area (Å²) >= 11 is 1.62. The molecule has 1 amide bonds. The maximum absolute atomic E-state index is 12.1. The van der Waals surface area contributed by atoms with Gasteiger partial charge in [0.15, 0.2) is 0 Å². The minimum atomic E-state index is -0.0669. The van der Waals surface area contributed by atoms with Crippen LogP contribution in [0.25, 0.3) is 11.3 Å². The molecular weight excluding hydrogens is 308 g/mol. The summed E-state index contributed by atoms with van der Waals surface area (Å²) in [5.41, 5.74) is 2.59. The molecule has 0 atom stereocenters. The Hall–Kier alpha value is -2.60. The first-order chi connectivity index (χ1) is 11.3. The van der Waals surface area contributed by atoms with Crippen LogP contribution in [0.1, 0.15) is 10.4 Å². The van der Waals surface area contributed by atoms with Gasteiger partial charge in [0.25, 0.3) is 5.91 Å². The molecule has 1 aromatic carbocycles. The molecule has 0 spiro atoms. The quantitative estimate of drug-likeness (QED) is 0.540. The first-order valence-corrected chi connectivity index (χ1v) is 8.23. The normalized spacial score (nSPS) is 10.4. The zero-order valence-electron chi connectivity index (χ0n) is 12.4. The summed E-state index contributed by atoms with van der Waals surface area (Å²) in [5.74, 6) is 0.720. The molecule has 2 N–H and O–H groups in total. The van der Waals surface area contributed by atoms with Crippen molar-refractivity contribution in [1.82, 2.24) is 20.5 Å². The first-order valence-electron chi connectivity index (χ1n) is 7.25. The number of nitrogens with zero attached hydrogens (tertiary/aromatic N) is 2. The van der Waals surface area contributed by atoms with Gasteiger partial charge in [-0.15, -0.1) is 11.8 Å². The second kappa shape index (κ2) is 7.60. The van der Waals surface area contributed by atoms with E-state index in [0.717, 1.165) is 22.0 Å². The van der Waals surface area contributed by atoms with Crippen molar-refractivity contribution in [2.24, 2.45) is 0 Å². The van der Waals surface area contributed by atoms with Gasteiger partial charge in [0.2, 0.25) is 0 Å².